The van der Waals surface area contributed by atoms with Crippen molar-refractivity contribution in [1.29, 1.82) is 0 Å². The van der Waals surface area contributed by atoms with Crippen LogP contribution in [0.25, 0.3) is 0 Å². The molecule has 112 valence electrons. The van der Waals surface area contributed by atoms with Crippen molar-refractivity contribution < 1.29 is 8.78 Å². The third-order valence-corrected chi connectivity index (χ3v) is 4.33. The van der Waals surface area contributed by atoms with Gasteiger partial charge in [0.1, 0.15) is 0 Å². The number of hydrogen-bond donors (Lipinski definition) is 1. The minimum Gasteiger partial charge on any atom is -0.317 e. The Labute approximate surface area is 120 Å². The maximum atomic E-state index is 13.4. The molecular weight excluding hydrogens is 258 g/mol. The van der Waals surface area contributed by atoms with Crippen LogP contribution in [-0.4, -0.2) is 31.1 Å². The molecule has 1 fully saturated rings. The first-order valence-electron chi connectivity index (χ1n) is 7.51. The van der Waals surface area contributed by atoms with E-state index in [0.717, 1.165) is 31.7 Å². The van der Waals surface area contributed by atoms with E-state index in [-0.39, 0.29) is 6.04 Å². The maximum Gasteiger partial charge on any atom is 0.159 e. The summed E-state index contributed by atoms with van der Waals surface area (Å²) in [5, 5.41) is 3.37. The Hall–Kier alpha value is -1.00. The van der Waals surface area contributed by atoms with Gasteiger partial charge in [0, 0.05) is 12.6 Å². The van der Waals surface area contributed by atoms with Gasteiger partial charge in [-0.1, -0.05) is 13.0 Å². The zero-order valence-corrected chi connectivity index (χ0v) is 12.3. The SMILES string of the molecule is CCN(CC1CCNCC1)C(C)c1ccc(F)c(F)c1. The summed E-state index contributed by atoms with van der Waals surface area (Å²) in [6, 6.07) is 4.35. The van der Waals surface area contributed by atoms with E-state index < -0.39 is 11.6 Å². The first-order valence-corrected chi connectivity index (χ1v) is 7.51. The topological polar surface area (TPSA) is 15.3 Å². The van der Waals surface area contributed by atoms with E-state index in [2.05, 4.69) is 24.1 Å². The van der Waals surface area contributed by atoms with E-state index in [1.165, 1.54) is 25.0 Å². The van der Waals surface area contributed by atoms with Crippen molar-refractivity contribution in [2.24, 2.45) is 5.92 Å². The zero-order valence-electron chi connectivity index (χ0n) is 12.3. The van der Waals surface area contributed by atoms with Crippen LogP contribution < -0.4 is 5.32 Å². The summed E-state index contributed by atoms with van der Waals surface area (Å²) in [6.07, 6.45) is 2.39. The highest BCUT2D eigenvalue weighted by Crippen LogP contribution is 2.24. The molecule has 1 aliphatic rings. The maximum absolute atomic E-state index is 13.4. The molecule has 0 aliphatic carbocycles. The van der Waals surface area contributed by atoms with Crippen molar-refractivity contribution in [3.63, 3.8) is 0 Å². The highest BCUT2D eigenvalue weighted by Gasteiger charge is 2.21. The Bertz CT molecular complexity index is 430. The number of hydrogen-bond acceptors (Lipinski definition) is 2. The van der Waals surface area contributed by atoms with Gasteiger partial charge in [0.2, 0.25) is 0 Å². The molecule has 0 spiro atoms. The van der Waals surface area contributed by atoms with Gasteiger partial charge in [0.05, 0.1) is 0 Å². The zero-order chi connectivity index (χ0) is 14.5. The van der Waals surface area contributed by atoms with Crippen molar-refractivity contribution in [1.82, 2.24) is 10.2 Å². The lowest BCUT2D eigenvalue weighted by Gasteiger charge is -2.33. The lowest BCUT2D eigenvalue weighted by Crippen LogP contribution is -2.37. The number of benzene rings is 1. The molecule has 2 rings (SSSR count). The summed E-state index contributed by atoms with van der Waals surface area (Å²) in [5.41, 5.74) is 0.847. The summed E-state index contributed by atoms with van der Waals surface area (Å²) in [6.45, 7) is 8.31. The molecule has 4 heteroatoms. The molecule has 0 saturated carbocycles. The van der Waals surface area contributed by atoms with E-state index in [9.17, 15) is 8.78 Å². The van der Waals surface area contributed by atoms with Gasteiger partial charge in [0.15, 0.2) is 11.6 Å². The molecule has 1 aliphatic heterocycles. The first kappa shape index (κ1) is 15.4. The van der Waals surface area contributed by atoms with E-state index in [1.54, 1.807) is 6.07 Å². The van der Waals surface area contributed by atoms with Crippen molar-refractivity contribution in [2.75, 3.05) is 26.2 Å². The average Bonchev–Trinajstić information content (AvgIpc) is 2.48. The van der Waals surface area contributed by atoms with Crippen LogP contribution in [0.1, 0.15) is 38.3 Å². The molecule has 1 heterocycles. The quantitative estimate of drug-likeness (QED) is 0.891. The Morgan fingerprint density at radius 2 is 1.95 bits per heavy atom. The number of halogens is 2. The Balaban J connectivity index is 2.03. The fourth-order valence-corrected chi connectivity index (χ4v) is 2.94. The smallest absolute Gasteiger partial charge is 0.159 e. The number of nitrogens with one attached hydrogen (secondary N) is 1. The minimum absolute atomic E-state index is 0.116. The van der Waals surface area contributed by atoms with Crippen LogP contribution in [-0.2, 0) is 0 Å². The fourth-order valence-electron chi connectivity index (χ4n) is 2.94. The largest absolute Gasteiger partial charge is 0.317 e. The van der Waals surface area contributed by atoms with Crippen LogP contribution in [0.3, 0.4) is 0 Å². The molecule has 1 atom stereocenters. The Morgan fingerprint density at radius 3 is 2.55 bits per heavy atom. The monoisotopic (exact) mass is 282 g/mol. The van der Waals surface area contributed by atoms with Gasteiger partial charge in [-0.3, -0.25) is 4.90 Å². The predicted molar refractivity (Wildman–Crippen MR) is 77.6 cm³/mol. The van der Waals surface area contributed by atoms with Gasteiger partial charge in [-0.05, 0) is 63.0 Å². The molecule has 0 aromatic heterocycles. The minimum atomic E-state index is -0.776. The summed E-state index contributed by atoms with van der Waals surface area (Å²) < 4.78 is 26.4. The number of piperidine rings is 1. The van der Waals surface area contributed by atoms with Crippen LogP contribution in [0.15, 0.2) is 18.2 Å². The van der Waals surface area contributed by atoms with E-state index >= 15 is 0 Å². The van der Waals surface area contributed by atoms with Crippen molar-refractivity contribution in [3.05, 3.63) is 35.4 Å². The van der Waals surface area contributed by atoms with Crippen molar-refractivity contribution >= 4 is 0 Å². The number of rotatable bonds is 5. The summed E-state index contributed by atoms with van der Waals surface area (Å²) in [4.78, 5) is 2.35. The molecule has 1 aromatic rings. The molecule has 20 heavy (non-hydrogen) atoms. The summed E-state index contributed by atoms with van der Waals surface area (Å²) in [5.74, 6) is -0.835. The highest BCUT2D eigenvalue weighted by atomic mass is 19.2. The molecule has 1 aromatic carbocycles. The molecule has 1 unspecified atom stereocenters. The fraction of sp³-hybridized carbons (Fsp3) is 0.625. The second-order valence-electron chi connectivity index (χ2n) is 5.63. The molecule has 1 N–H and O–H groups in total. The van der Waals surface area contributed by atoms with Gasteiger partial charge in [-0.15, -0.1) is 0 Å². The third-order valence-electron chi connectivity index (χ3n) is 4.33. The average molecular weight is 282 g/mol. The van der Waals surface area contributed by atoms with Crippen LogP contribution in [0.2, 0.25) is 0 Å². The number of nitrogens with zero attached hydrogens (tertiary/aromatic N) is 1. The normalized spacial score (nSPS) is 18.4. The second-order valence-corrected chi connectivity index (χ2v) is 5.63. The Kier molecular flexibility index (Phi) is 5.49. The molecular formula is C16H24F2N2. The lowest BCUT2D eigenvalue weighted by molar-refractivity contribution is 0.168. The standard InChI is InChI=1S/C16H24F2N2/c1-3-20(11-13-6-8-19-9-7-13)12(2)14-4-5-15(17)16(18)10-14/h4-5,10,12-13,19H,3,6-9,11H2,1-2H3. The van der Waals surface area contributed by atoms with E-state index in [1.807, 2.05) is 0 Å². The summed E-state index contributed by atoms with van der Waals surface area (Å²) >= 11 is 0. The van der Waals surface area contributed by atoms with Crippen LogP contribution in [0, 0.1) is 17.6 Å². The van der Waals surface area contributed by atoms with Crippen LogP contribution in [0.4, 0.5) is 8.78 Å². The van der Waals surface area contributed by atoms with E-state index in [4.69, 9.17) is 0 Å². The molecule has 0 radical (unpaired) electrons. The van der Waals surface area contributed by atoms with Crippen LogP contribution >= 0.6 is 0 Å². The Morgan fingerprint density at radius 1 is 1.25 bits per heavy atom. The van der Waals surface area contributed by atoms with E-state index in [0.29, 0.717) is 5.92 Å². The second kappa shape index (κ2) is 7.14. The van der Waals surface area contributed by atoms with Gasteiger partial charge in [-0.25, -0.2) is 8.78 Å². The molecule has 0 bridgehead atoms. The van der Waals surface area contributed by atoms with Gasteiger partial charge >= 0.3 is 0 Å². The van der Waals surface area contributed by atoms with Gasteiger partial charge in [0.25, 0.3) is 0 Å². The first-order chi connectivity index (χ1) is 9.61. The molecule has 2 nitrogen and oxygen atoms in total. The molecule has 0 amide bonds. The van der Waals surface area contributed by atoms with Crippen molar-refractivity contribution in [2.45, 2.75) is 32.7 Å². The molecule has 1 saturated heterocycles. The van der Waals surface area contributed by atoms with Crippen LogP contribution in [0.5, 0.6) is 0 Å². The van der Waals surface area contributed by atoms with Crippen molar-refractivity contribution in [3.8, 4) is 0 Å². The predicted octanol–water partition coefficient (Wildman–Crippen LogP) is 3.35. The van der Waals surface area contributed by atoms with Gasteiger partial charge in [-0.2, -0.15) is 0 Å². The van der Waals surface area contributed by atoms with Gasteiger partial charge < -0.3 is 5.32 Å². The summed E-state index contributed by atoms with van der Waals surface area (Å²) in [7, 11) is 0. The lowest BCUT2D eigenvalue weighted by atomic mass is 9.96. The third kappa shape index (κ3) is 3.76. The highest BCUT2D eigenvalue weighted by molar-refractivity contribution is 5.21.